The molecular weight excluding hydrogens is 342 g/mol. The Labute approximate surface area is 140 Å². The molecule has 0 aliphatic heterocycles. The molecule has 23 heavy (non-hydrogen) atoms. The number of benzene rings is 2. The first-order valence-electron chi connectivity index (χ1n) is 6.74. The fraction of sp³-hybridized carbons (Fsp3) is 0.125. The van der Waals surface area contributed by atoms with Crippen LogP contribution in [0.3, 0.4) is 0 Å². The highest BCUT2D eigenvalue weighted by Gasteiger charge is 2.18. The van der Waals surface area contributed by atoms with Crippen molar-refractivity contribution in [2.45, 2.75) is 17.1 Å². The minimum absolute atomic E-state index is 0.282. The Balaban J connectivity index is 1.79. The minimum atomic E-state index is -0.614. The molecule has 0 spiro atoms. The van der Waals surface area contributed by atoms with Gasteiger partial charge in [-0.2, -0.15) is 0 Å². The van der Waals surface area contributed by atoms with E-state index in [0.29, 0.717) is 27.3 Å². The van der Waals surface area contributed by atoms with Gasteiger partial charge in [0.15, 0.2) is 0 Å². The van der Waals surface area contributed by atoms with Gasteiger partial charge in [-0.25, -0.2) is 8.78 Å². The summed E-state index contributed by atoms with van der Waals surface area (Å²) in [5.41, 5.74) is 0.710. The van der Waals surface area contributed by atoms with E-state index in [2.05, 4.69) is 10.2 Å². The molecule has 0 aliphatic rings. The van der Waals surface area contributed by atoms with Crippen LogP contribution in [-0.4, -0.2) is 10.2 Å². The van der Waals surface area contributed by atoms with E-state index >= 15 is 0 Å². The summed E-state index contributed by atoms with van der Waals surface area (Å²) in [5, 5.41) is 8.26. The summed E-state index contributed by atoms with van der Waals surface area (Å²) < 4.78 is 32.3. The van der Waals surface area contributed by atoms with Crippen molar-refractivity contribution in [2.24, 2.45) is 0 Å². The molecule has 118 valence electrons. The molecule has 1 aromatic heterocycles. The number of nitrogens with zero attached hydrogens (tertiary/aromatic N) is 2. The van der Waals surface area contributed by atoms with Gasteiger partial charge in [0.1, 0.15) is 11.6 Å². The third-order valence-electron chi connectivity index (χ3n) is 3.06. The normalized spacial score (nSPS) is 12.3. The van der Waals surface area contributed by atoms with Crippen LogP contribution >= 0.6 is 23.4 Å². The zero-order valence-corrected chi connectivity index (χ0v) is 13.5. The fourth-order valence-electron chi connectivity index (χ4n) is 1.95. The smallest absolute Gasteiger partial charge is 0.247 e. The van der Waals surface area contributed by atoms with E-state index in [1.807, 2.05) is 6.92 Å². The van der Waals surface area contributed by atoms with Gasteiger partial charge in [0.25, 0.3) is 0 Å². The van der Waals surface area contributed by atoms with Crippen LogP contribution in [0, 0.1) is 11.6 Å². The summed E-state index contributed by atoms with van der Waals surface area (Å²) in [7, 11) is 0. The Morgan fingerprint density at radius 1 is 1.13 bits per heavy atom. The molecule has 7 heteroatoms. The maximum Gasteiger partial charge on any atom is 0.247 e. The van der Waals surface area contributed by atoms with Crippen LogP contribution in [0.25, 0.3) is 11.5 Å². The molecule has 3 aromatic rings. The lowest BCUT2D eigenvalue weighted by atomic mass is 10.2. The van der Waals surface area contributed by atoms with Crippen LogP contribution in [-0.2, 0) is 0 Å². The lowest BCUT2D eigenvalue weighted by Gasteiger charge is -2.07. The van der Waals surface area contributed by atoms with Crippen LogP contribution < -0.4 is 0 Å². The summed E-state index contributed by atoms with van der Waals surface area (Å²) in [4.78, 5) is 0.321. The molecule has 1 atom stereocenters. The number of hydrogen-bond acceptors (Lipinski definition) is 4. The SMILES string of the molecule is C[C@H](Sc1ccc(F)cc1F)c1nnc(-c2cccc(Cl)c2)o1. The van der Waals surface area contributed by atoms with Gasteiger partial charge >= 0.3 is 0 Å². The van der Waals surface area contributed by atoms with E-state index in [9.17, 15) is 8.78 Å². The minimum Gasteiger partial charge on any atom is -0.419 e. The lowest BCUT2D eigenvalue weighted by Crippen LogP contribution is -1.91. The fourth-order valence-corrected chi connectivity index (χ4v) is 3.03. The molecule has 0 saturated heterocycles. The second-order valence-electron chi connectivity index (χ2n) is 4.79. The highest BCUT2D eigenvalue weighted by atomic mass is 35.5. The van der Waals surface area contributed by atoms with E-state index in [-0.39, 0.29) is 5.25 Å². The van der Waals surface area contributed by atoms with Gasteiger partial charge in [-0.1, -0.05) is 17.7 Å². The average Bonchev–Trinajstić information content (AvgIpc) is 3.00. The topological polar surface area (TPSA) is 38.9 Å². The van der Waals surface area contributed by atoms with Gasteiger partial charge in [-0.15, -0.1) is 22.0 Å². The number of rotatable bonds is 4. The maximum atomic E-state index is 13.7. The van der Waals surface area contributed by atoms with Gasteiger partial charge in [0, 0.05) is 21.5 Å². The van der Waals surface area contributed by atoms with E-state index in [0.717, 1.165) is 6.07 Å². The van der Waals surface area contributed by atoms with Crippen molar-refractivity contribution in [2.75, 3.05) is 0 Å². The first kappa shape index (κ1) is 16.0. The standard InChI is InChI=1S/C16H11ClF2N2OS/c1-9(23-14-6-5-12(18)8-13(14)19)15-20-21-16(22-15)10-3-2-4-11(17)7-10/h2-9H,1H3/t9-/m0/s1. The maximum absolute atomic E-state index is 13.7. The molecule has 0 bridgehead atoms. The third-order valence-corrected chi connectivity index (χ3v) is 4.43. The van der Waals surface area contributed by atoms with E-state index < -0.39 is 11.6 Å². The second kappa shape index (κ2) is 6.68. The lowest BCUT2D eigenvalue weighted by molar-refractivity contribution is 0.508. The van der Waals surface area contributed by atoms with Crippen LogP contribution in [0.2, 0.25) is 5.02 Å². The van der Waals surface area contributed by atoms with Crippen LogP contribution in [0.1, 0.15) is 18.1 Å². The molecule has 0 unspecified atom stereocenters. The van der Waals surface area contributed by atoms with E-state index in [1.54, 1.807) is 24.3 Å². The van der Waals surface area contributed by atoms with Gasteiger partial charge in [-0.3, -0.25) is 0 Å². The number of aromatic nitrogens is 2. The second-order valence-corrected chi connectivity index (χ2v) is 6.61. The number of thioether (sulfide) groups is 1. The van der Waals surface area contributed by atoms with E-state index in [4.69, 9.17) is 16.0 Å². The van der Waals surface area contributed by atoms with Crippen molar-refractivity contribution in [1.29, 1.82) is 0 Å². The molecule has 0 fully saturated rings. The molecule has 0 saturated carbocycles. The van der Waals surface area contributed by atoms with Crippen LogP contribution in [0.4, 0.5) is 8.78 Å². The summed E-state index contributed by atoms with van der Waals surface area (Å²) in [6.07, 6.45) is 0. The van der Waals surface area contributed by atoms with Crippen LogP contribution in [0.15, 0.2) is 51.8 Å². The Hall–Kier alpha value is -1.92. The van der Waals surface area contributed by atoms with Crippen LogP contribution in [0.5, 0.6) is 0 Å². The van der Waals surface area contributed by atoms with Gasteiger partial charge in [0.2, 0.25) is 11.8 Å². The van der Waals surface area contributed by atoms with Gasteiger partial charge in [-0.05, 0) is 37.3 Å². The number of halogens is 3. The summed E-state index contributed by atoms with van der Waals surface area (Å²) >= 11 is 7.12. The van der Waals surface area contributed by atoms with Crippen molar-refractivity contribution in [1.82, 2.24) is 10.2 Å². The Kier molecular flexibility index (Phi) is 4.63. The molecule has 2 aromatic carbocycles. The Morgan fingerprint density at radius 2 is 1.96 bits per heavy atom. The average molecular weight is 353 g/mol. The molecule has 1 heterocycles. The Morgan fingerprint density at radius 3 is 2.70 bits per heavy atom. The highest BCUT2D eigenvalue weighted by molar-refractivity contribution is 7.99. The first-order valence-corrected chi connectivity index (χ1v) is 8.00. The highest BCUT2D eigenvalue weighted by Crippen LogP contribution is 2.36. The predicted molar refractivity (Wildman–Crippen MR) is 85.4 cm³/mol. The van der Waals surface area contributed by atoms with Crippen molar-refractivity contribution in [3.8, 4) is 11.5 Å². The summed E-state index contributed by atoms with van der Waals surface area (Å²) in [6.45, 7) is 1.81. The molecule has 0 N–H and O–H groups in total. The van der Waals surface area contributed by atoms with Crippen molar-refractivity contribution < 1.29 is 13.2 Å². The Bertz CT molecular complexity index is 840. The predicted octanol–water partition coefficient (Wildman–Crippen LogP) is 5.52. The van der Waals surface area contributed by atoms with Gasteiger partial charge < -0.3 is 4.42 Å². The molecule has 3 rings (SSSR count). The third kappa shape index (κ3) is 3.71. The molecule has 0 aliphatic carbocycles. The summed E-state index contributed by atoms with van der Waals surface area (Å²) in [6, 6.07) is 10.5. The number of hydrogen-bond donors (Lipinski definition) is 0. The molecule has 0 amide bonds. The first-order chi connectivity index (χ1) is 11.0. The zero-order chi connectivity index (χ0) is 16.4. The van der Waals surface area contributed by atoms with Crippen molar-refractivity contribution >= 4 is 23.4 Å². The zero-order valence-electron chi connectivity index (χ0n) is 12.0. The van der Waals surface area contributed by atoms with Crippen molar-refractivity contribution in [3.63, 3.8) is 0 Å². The molecule has 0 radical (unpaired) electrons. The van der Waals surface area contributed by atoms with E-state index in [1.165, 1.54) is 23.9 Å². The van der Waals surface area contributed by atoms with Gasteiger partial charge in [0.05, 0.1) is 5.25 Å². The van der Waals surface area contributed by atoms with Crippen molar-refractivity contribution in [3.05, 3.63) is 65.0 Å². The largest absolute Gasteiger partial charge is 0.419 e. The molecule has 3 nitrogen and oxygen atoms in total. The summed E-state index contributed by atoms with van der Waals surface area (Å²) in [5.74, 6) is -0.528. The monoisotopic (exact) mass is 352 g/mol. The quantitative estimate of drug-likeness (QED) is 0.579. The molecular formula is C16H11ClF2N2OS.